The lowest BCUT2D eigenvalue weighted by atomic mass is 9.58. The van der Waals surface area contributed by atoms with Gasteiger partial charge in [-0.2, -0.15) is 13.2 Å². The van der Waals surface area contributed by atoms with Crippen molar-refractivity contribution in [2.45, 2.75) is 124 Å². The number of primary amides is 4. The summed E-state index contributed by atoms with van der Waals surface area (Å²) in [6.45, 7) is 7.58. The van der Waals surface area contributed by atoms with Gasteiger partial charge in [-0.1, -0.05) is 69.3 Å². The van der Waals surface area contributed by atoms with Gasteiger partial charge < -0.3 is 37.3 Å². The van der Waals surface area contributed by atoms with E-state index in [-0.39, 0.29) is 25.9 Å². The molecule has 0 radical (unpaired) electrons. The zero-order chi connectivity index (χ0) is 47.2. The third-order valence-electron chi connectivity index (χ3n) is 16.0. The number of carbonyl (C=O) groups excluding carboxylic acids is 6. The molecule has 3 saturated heterocycles. The van der Waals surface area contributed by atoms with Crippen molar-refractivity contribution in [3.63, 3.8) is 0 Å². The van der Waals surface area contributed by atoms with E-state index in [0.717, 1.165) is 23.3 Å². The Morgan fingerprint density at radius 1 is 0.631 bits per heavy atom. The number of rotatable bonds is 11. The molecule has 3 aromatic carbocycles. The summed E-state index contributed by atoms with van der Waals surface area (Å²) in [5.74, 6) is -5.06. The minimum atomic E-state index is -4.67. The van der Waals surface area contributed by atoms with Crippen molar-refractivity contribution in [3.05, 3.63) is 101 Å². The molecule has 0 saturated carbocycles. The fourth-order valence-electron chi connectivity index (χ4n) is 13.1. The standard InChI is InChI=1S/C47H54F3N7O8/c1-26-23-34(33-7-5-21-55(33)45(36(51)58,38(60)64-40(53)62)42(2)24-27-9-13-29(42)14-10-27)57(32-19-17-31(18-20-32)47(48,49)50)44(26,4)35-8-6-22-56(35)46(37(52)59,39(61)65-41(54)63)43(3)25-28-11-15-30(43)16-12-28/h9-20,26,33-35H,5-8,21-25H2,1-4H3,(H2,51,58)(H2,52,59)(H2,53,62)(H2,54,63)/t26?,33?,34?,35?,42?,43?,44-,45+,46+/m1/s1. The van der Waals surface area contributed by atoms with E-state index < -0.39 is 99.2 Å². The van der Waals surface area contributed by atoms with Crippen LogP contribution < -0.4 is 27.8 Å². The van der Waals surface area contributed by atoms with Gasteiger partial charge in [-0.05, 0) is 104 Å². The predicted molar refractivity (Wildman–Crippen MR) is 230 cm³/mol. The number of likely N-dealkylation sites (tertiary alicyclic amines) is 2. The van der Waals surface area contributed by atoms with Crippen LogP contribution >= 0.6 is 0 Å². The number of anilines is 1. The van der Waals surface area contributed by atoms with Crippen molar-refractivity contribution in [3.8, 4) is 0 Å². The number of nitrogens with two attached hydrogens (primary N) is 4. The van der Waals surface area contributed by atoms with Crippen LogP contribution in [-0.2, 0) is 58.5 Å². The monoisotopic (exact) mass is 901 g/mol. The normalized spacial score (nSPS) is 30.4. The molecule has 15 nitrogen and oxygen atoms in total. The number of hydrogen-bond donors (Lipinski definition) is 4. The number of ether oxygens (including phenoxy) is 2. The molecule has 0 aromatic heterocycles. The van der Waals surface area contributed by atoms with Crippen molar-refractivity contribution in [2.75, 3.05) is 18.0 Å². The molecule has 18 heteroatoms. The number of nitrogens with zero attached hydrogens (tertiary/aromatic N) is 3. The fraction of sp³-hybridized carbons (Fsp3) is 0.489. The average molecular weight is 902 g/mol. The lowest BCUT2D eigenvalue weighted by molar-refractivity contribution is -0.167. The second-order valence-corrected chi connectivity index (χ2v) is 19.1. The van der Waals surface area contributed by atoms with Gasteiger partial charge in [0.25, 0.3) is 11.8 Å². The van der Waals surface area contributed by atoms with E-state index in [1.54, 1.807) is 47.9 Å². The van der Waals surface area contributed by atoms with Crippen molar-refractivity contribution < 1.29 is 51.4 Å². The molecule has 10 rings (SSSR count). The maximum Gasteiger partial charge on any atom is 0.416 e. The molecule has 3 heterocycles. The number of halogens is 3. The van der Waals surface area contributed by atoms with Crippen LogP contribution in [-0.4, -0.2) is 93.6 Å². The SMILES string of the molecule is CC1CC(C2CCCN2[C@@](C(N)=O)(C(=O)OC(N)=O)C2(C)Cc3ccc2cc3)N(c2ccc(C(F)(F)F)cc2)[C@@]1(C)C1CCCN1[C@@](C(N)=O)(C(=O)OC(N)=O)C1(C)Cc2ccc1cc2. The Hall–Kier alpha value is -6.01. The second kappa shape index (κ2) is 15.6. The first-order chi connectivity index (χ1) is 30.5. The van der Waals surface area contributed by atoms with E-state index in [9.17, 15) is 41.9 Å². The highest BCUT2D eigenvalue weighted by atomic mass is 19.4. The molecule has 3 fully saturated rings. The van der Waals surface area contributed by atoms with E-state index in [2.05, 4.69) is 0 Å². The number of carbonyl (C=O) groups is 6. The van der Waals surface area contributed by atoms with E-state index in [1.165, 1.54) is 12.1 Å². The summed E-state index contributed by atoms with van der Waals surface area (Å²) in [7, 11) is 0. The number of esters is 2. The summed E-state index contributed by atoms with van der Waals surface area (Å²) in [6.07, 6.45) is -5.28. The highest BCUT2D eigenvalue weighted by molar-refractivity contribution is 6.12. The molecule has 4 amide bonds. The molecule has 7 aliphatic rings. The predicted octanol–water partition coefficient (Wildman–Crippen LogP) is 4.33. The summed E-state index contributed by atoms with van der Waals surface area (Å²) in [6, 6.07) is 17.1. The zero-order valence-electron chi connectivity index (χ0n) is 36.7. The van der Waals surface area contributed by atoms with Gasteiger partial charge in [-0.25, -0.2) is 19.2 Å². The number of hydrogen-bond acceptors (Lipinski definition) is 11. The number of benzene rings is 3. The third kappa shape index (κ3) is 6.44. The zero-order valence-corrected chi connectivity index (χ0v) is 36.7. The Morgan fingerprint density at radius 2 is 1.08 bits per heavy atom. The Balaban J connectivity index is 1.33. The number of fused-ring (bicyclic) bond motifs is 6. The van der Waals surface area contributed by atoms with E-state index in [0.29, 0.717) is 48.9 Å². The van der Waals surface area contributed by atoms with Crippen LogP contribution in [0.5, 0.6) is 0 Å². The maximum atomic E-state index is 14.8. The van der Waals surface area contributed by atoms with Gasteiger partial charge in [-0.3, -0.25) is 19.4 Å². The first-order valence-electron chi connectivity index (χ1n) is 21.8. The molecule has 3 aromatic rings. The first-order valence-corrected chi connectivity index (χ1v) is 21.8. The number of alkyl halides is 3. The molecular formula is C47H54F3N7O8. The minimum Gasteiger partial charge on any atom is -0.375 e. The van der Waals surface area contributed by atoms with Crippen molar-refractivity contribution in [2.24, 2.45) is 28.9 Å². The summed E-state index contributed by atoms with van der Waals surface area (Å²) in [5, 5.41) is 0. The van der Waals surface area contributed by atoms with Gasteiger partial charge in [0.15, 0.2) is 0 Å². The molecule has 4 aliphatic carbocycles. The highest BCUT2D eigenvalue weighted by Crippen LogP contribution is 2.57. The first kappa shape index (κ1) is 45.6. The molecule has 8 N–H and O–H groups in total. The van der Waals surface area contributed by atoms with E-state index in [1.807, 2.05) is 43.0 Å². The summed E-state index contributed by atoms with van der Waals surface area (Å²) >= 11 is 0. The quantitative estimate of drug-likeness (QED) is 0.156. The average Bonchev–Trinajstić information content (AvgIpc) is 3.97. The van der Waals surface area contributed by atoms with Crippen LogP contribution in [0.3, 0.4) is 0 Å². The molecule has 0 spiro atoms. The molecule has 4 bridgehead atoms. The summed E-state index contributed by atoms with van der Waals surface area (Å²) < 4.78 is 52.9. The smallest absolute Gasteiger partial charge is 0.375 e. The minimum absolute atomic E-state index is 0.122. The molecule has 346 valence electrons. The largest absolute Gasteiger partial charge is 0.416 e. The second-order valence-electron chi connectivity index (χ2n) is 19.1. The molecule has 9 atom stereocenters. The van der Waals surface area contributed by atoms with Gasteiger partial charge in [0.05, 0.1) is 11.1 Å². The third-order valence-corrected chi connectivity index (χ3v) is 16.0. The van der Waals surface area contributed by atoms with Crippen molar-refractivity contribution in [1.29, 1.82) is 0 Å². The molecule has 3 aliphatic heterocycles. The van der Waals surface area contributed by atoms with Crippen LogP contribution in [0.15, 0.2) is 72.8 Å². The molecule has 6 unspecified atom stereocenters. The molecule has 65 heavy (non-hydrogen) atoms. The Morgan fingerprint density at radius 3 is 1.49 bits per heavy atom. The van der Waals surface area contributed by atoms with Crippen molar-refractivity contribution >= 4 is 41.6 Å². The lowest BCUT2D eigenvalue weighted by Crippen LogP contribution is -2.78. The van der Waals surface area contributed by atoms with E-state index >= 15 is 0 Å². The maximum absolute atomic E-state index is 14.8. The summed E-state index contributed by atoms with van der Waals surface area (Å²) in [5.41, 5.74) is 17.4. The van der Waals surface area contributed by atoms with E-state index in [4.69, 9.17) is 32.4 Å². The van der Waals surface area contributed by atoms with Gasteiger partial charge in [0.1, 0.15) is 0 Å². The Labute approximate surface area is 373 Å². The van der Waals surface area contributed by atoms with Gasteiger partial charge >= 0.3 is 30.3 Å². The van der Waals surface area contributed by atoms with Crippen LogP contribution in [0.25, 0.3) is 0 Å². The van der Waals surface area contributed by atoms with Gasteiger partial charge in [0, 0.05) is 47.7 Å². The van der Waals surface area contributed by atoms with Gasteiger partial charge in [-0.15, -0.1) is 0 Å². The topological polar surface area (TPSA) is 235 Å². The Kier molecular flexibility index (Phi) is 10.9. The van der Waals surface area contributed by atoms with Crippen LogP contribution in [0.4, 0.5) is 28.4 Å². The number of amides is 4. The van der Waals surface area contributed by atoms with Crippen LogP contribution in [0, 0.1) is 5.92 Å². The summed E-state index contributed by atoms with van der Waals surface area (Å²) in [4.78, 5) is 88.7. The van der Waals surface area contributed by atoms with Crippen LogP contribution in [0.1, 0.15) is 87.6 Å². The highest BCUT2D eigenvalue weighted by Gasteiger charge is 2.72. The Bertz CT molecular complexity index is 2450. The van der Waals surface area contributed by atoms with Gasteiger partial charge in [0.2, 0.25) is 11.1 Å². The van der Waals surface area contributed by atoms with Crippen molar-refractivity contribution in [1.82, 2.24) is 9.80 Å². The lowest BCUT2D eigenvalue weighted by Gasteiger charge is -2.58. The van der Waals surface area contributed by atoms with Crippen LogP contribution in [0.2, 0.25) is 0 Å². The fourth-order valence-corrected chi connectivity index (χ4v) is 13.1. The molecular weight excluding hydrogens is 848 g/mol.